The Morgan fingerprint density at radius 1 is 1.09 bits per heavy atom. The first kappa shape index (κ1) is 22.8. The van der Waals surface area contributed by atoms with Gasteiger partial charge in [-0.2, -0.15) is 0 Å². The van der Waals surface area contributed by atoms with Crippen LogP contribution in [0.3, 0.4) is 0 Å². The Kier molecular flexibility index (Phi) is 6.34. The van der Waals surface area contributed by atoms with Crippen molar-refractivity contribution < 1.29 is 13.2 Å². The molecule has 1 amide bonds. The van der Waals surface area contributed by atoms with E-state index in [4.69, 9.17) is 11.6 Å². The first-order chi connectivity index (χ1) is 15.2. The summed E-state index contributed by atoms with van der Waals surface area (Å²) in [5.41, 5.74) is 3.45. The third-order valence-electron chi connectivity index (χ3n) is 5.65. The molecule has 0 bridgehead atoms. The molecule has 0 aliphatic carbocycles. The number of halogens is 2. The number of amides is 1. The Bertz CT molecular complexity index is 1260. The van der Waals surface area contributed by atoms with Crippen molar-refractivity contribution in [2.75, 3.05) is 16.3 Å². The second-order valence-corrected chi connectivity index (χ2v) is 11.2. The molecule has 0 saturated heterocycles. The van der Waals surface area contributed by atoms with Crippen LogP contribution in [0.15, 0.2) is 76.1 Å². The minimum atomic E-state index is -3.71. The van der Waals surface area contributed by atoms with Crippen molar-refractivity contribution in [3.8, 4) is 0 Å². The number of sulfonamides is 1. The summed E-state index contributed by atoms with van der Waals surface area (Å²) in [6, 6.07) is 19.2. The zero-order valence-corrected chi connectivity index (χ0v) is 20.8. The lowest BCUT2D eigenvalue weighted by atomic mass is 10.1. The summed E-state index contributed by atoms with van der Waals surface area (Å²) in [5, 5.41) is 0.475. The second kappa shape index (κ2) is 8.89. The molecule has 8 heteroatoms. The first-order valence-corrected chi connectivity index (χ1v) is 12.7. The van der Waals surface area contributed by atoms with E-state index in [0.29, 0.717) is 10.7 Å². The van der Waals surface area contributed by atoms with E-state index in [9.17, 15) is 13.2 Å². The maximum atomic E-state index is 13.1. The van der Waals surface area contributed by atoms with Gasteiger partial charge in [-0.25, -0.2) is 8.42 Å². The Balaban J connectivity index is 1.50. The first-order valence-electron chi connectivity index (χ1n) is 10.1. The van der Waals surface area contributed by atoms with Crippen LogP contribution in [0.2, 0.25) is 5.02 Å². The number of hydrogen-bond donors (Lipinski definition) is 0. The highest BCUT2D eigenvalue weighted by Gasteiger charge is 2.31. The molecule has 1 heterocycles. The van der Waals surface area contributed by atoms with E-state index >= 15 is 0 Å². The number of rotatable bonds is 5. The molecule has 0 saturated carbocycles. The molecule has 5 nitrogen and oxygen atoms in total. The van der Waals surface area contributed by atoms with Crippen molar-refractivity contribution in [1.82, 2.24) is 0 Å². The molecule has 1 unspecified atom stereocenters. The summed E-state index contributed by atoms with van der Waals surface area (Å²) in [4.78, 5) is 15.1. The number of carbonyl (C=O) groups excluding carboxylic acids is 1. The van der Waals surface area contributed by atoms with Gasteiger partial charge in [0.25, 0.3) is 10.0 Å². The van der Waals surface area contributed by atoms with Crippen molar-refractivity contribution in [3.05, 3.63) is 87.4 Å². The van der Waals surface area contributed by atoms with Gasteiger partial charge in [-0.1, -0.05) is 39.7 Å². The van der Waals surface area contributed by atoms with E-state index in [0.717, 1.165) is 27.7 Å². The van der Waals surface area contributed by atoms with Gasteiger partial charge in [-0.15, -0.1) is 0 Å². The van der Waals surface area contributed by atoms with E-state index in [1.165, 1.54) is 23.5 Å². The Morgan fingerprint density at radius 2 is 1.75 bits per heavy atom. The number of carbonyl (C=O) groups is 1. The molecule has 0 aromatic heterocycles. The van der Waals surface area contributed by atoms with E-state index in [1.807, 2.05) is 24.0 Å². The van der Waals surface area contributed by atoms with Crippen LogP contribution >= 0.6 is 27.5 Å². The van der Waals surface area contributed by atoms with Gasteiger partial charge in [0, 0.05) is 28.3 Å². The Hall–Kier alpha value is -2.35. The highest BCUT2D eigenvalue weighted by molar-refractivity contribution is 9.10. The topological polar surface area (TPSA) is 57.7 Å². The van der Waals surface area contributed by atoms with Gasteiger partial charge in [0.05, 0.1) is 17.0 Å². The monoisotopic (exact) mass is 532 g/mol. The minimum Gasteiger partial charge on any atom is -0.309 e. The molecule has 1 aliphatic rings. The Labute approximate surface area is 201 Å². The van der Waals surface area contributed by atoms with Gasteiger partial charge in [0.1, 0.15) is 0 Å². The fourth-order valence-corrected chi connectivity index (χ4v) is 5.70. The van der Waals surface area contributed by atoms with E-state index in [-0.39, 0.29) is 23.3 Å². The van der Waals surface area contributed by atoms with E-state index in [1.54, 1.807) is 36.4 Å². The number of anilines is 2. The molecular weight excluding hydrogens is 512 g/mol. The normalized spacial score (nSPS) is 15.5. The summed E-state index contributed by atoms with van der Waals surface area (Å²) in [6.45, 7) is 2.05. The van der Waals surface area contributed by atoms with Crippen LogP contribution in [-0.4, -0.2) is 27.4 Å². The van der Waals surface area contributed by atoms with Crippen LogP contribution in [0.4, 0.5) is 11.4 Å². The Morgan fingerprint density at radius 3 is 2.41 bits per heavy atom. The van der Waals surface area contributed by atoms with Gasteiger partial charge in [-0.05, 0) is 79.1 Å². The largest absolute Gasteiger partial charge is 0.309 e. The zero-order valence-electron chi connectivity index (χ0n) is 17.6. The van der Waals surface area contributed by atoms with E-state index < -0.39 is 10.0 Å². The van der Waals surface area contributed by atoms with Gasteiger partial charge < -0.3 is 4.90 Å². The third-order valence-corrected chi connectivity index (χ3v) is 8.20. The van der Waals surface area contributed by atoms with Crippen LogP contribution in [0, 0.1) is 0 Å². The van der Waals surface area contributed by atoms with Crippen molar-refractivity contribution in [3.63, 3.8) is 0 Å². The van der Waals surface area contributed by atoms with Gasteiger partial charge in [0.2, 0.25) is 5.91 Å². The molecule has 32 heavy (non-hydrogen) atoms. The van der Waals surface area contributed by atoms with Gasteiger partial charge >= 0.3 is 0 Å². The average molecular weight is 534 g/mol. The quantitative estimate of drug-likeness (QED) is 0.438. The molecule has 4 rings (SSSR count). The highest BCUT2D eigenvalue weighted by Crippen LogP contribution is 2.34. The predicted octanol–water partition coefficient (Wildman–Crippen LogP) is 5.45. The second-order valence-electron chi connectivity index (χ2n) is 7.86. The van der Waals surface area contributed by atoms with Crippen molar-refractivity contribution in [1.29, 1.82) is 0 Å². The van der Waals surface area contributed by atoms with Gasteiger partial charge in [0.15, 0.2) is 0 Å². The van der Waals surface area contributed by atoms with Crippen molar-refractivity contribution >= 4 is 54.8 Å². The van der Waals surface area contributed by atoms with Gasteiger partial charge in [-0.3, -0.25) is 9.10 Å². The molecule has 0 spiro atoms. The lowest BCUT2D eigenvalue weighted by Crippen LogP contribution is -2.36. The molecule has 0 radical (unpaired) electrons. The smallest absolute Gasteiger partial charge is 0.264 e. The molecule has 166 valence electrons. The lowest BCUT2D eigenvalue weighted by molar-refractivity contribution is -0.118. The lowest BCUT2D eigenvalue weighted by Gasteiger charge is -2.23. The molecule has 1 aliphatic heterocycles. The van der Waals surface area contributed by atoms with E-state index in [2.05, 4.69) is 22.0 Å². The summed E-state index contributed by atoms with van der Waals surface area (Å²) in [6.07, 6.45) is 1.07. The fourth-order valence-electron chi connectivity index (χ4n) is 3.97. The maximum absolute atomic E-state index is 13.1. The zero-order chi connectivity index (χ0) is 23.0. The molecule has 3 aromatic rings. The number of benzene rings is 3. The molecule has 0 N–H and O–H groups in total. The predicted molar refractivity (Wildman–Crippen MR) is 132 cm³/mol. The van der Waals surface area contributed by atoms with Crippen LogP contribution in [0.25, 0.3) is 0 Å². The average Bonchev–Trinajstić information content (AvgIpc) is 3.08. The minimum absolute atomic E-state index is 0.0217. The highest BCUT2D eigenvalue weighted by atomic mass is 79.9. The van der Waals surface area contributed by atoms with Crippen LogP contribution in [-0.2, 0) is 27.7 Å². The molecule has 0 fully saturated rings. The number of hydrogen-bond acceptors (Lipinski definition) is 3. The van der Waals surface area contributed by atoms with Crippen molar-refractivity contribution in [2.45, 2.75) is 30.7 Å². The third kappa shape index (κ3) is 4.42. The number of nitrogens with zero attached hydrogens (tertiary/aromatic N) is 2. The summed E-state index contributed by atoms with van der Waals surface area (Å²) < 4.78 is 28.0. The molecule has 1 atom stereocenters. The maximum Gasteiger partial charge on any atom is 0.264 e. The summed E-state index contributed by atoms with van der Waals surface area (Å²) in [7, 11) is -2.20. The molecule has 3 aromatic carbocycles. The van der Waals surface area contributed by atoms with Crippen molar-refractivity contribution in [2.24, 2.45) is 0 Å². The summed E-state index contributed by atoms with van der Waals surface area (Å²) in [5.74, 6) is 0.0217. The molecular formula is C24H22BrClN2O3S. The van der Waals surface area contributed by atoms with Crippen LogP contribution in [0.5, 0.6) is 0 Å². The standard InChI is InChI=1S/C24H22BrClN2O3S/c1-16-13-18-15-19(25)5-12-23(18)28(16)24(29)14-17-3-8-21(9-4-17)27(2)32(30,31)22-10-6-20(26)7-11-22/h3-12,15-16H,13-14H2,1-2H3. The number of fused-ring (bicyclic) bond motifs is 1. The SMILES string of the molecule is CC1Cc2cc(Br)ccc2N1C(=O)Cc1ccc(N(C)S(=O)(=O)c2ccc(Cl)cc2)cc1. The van der Waals surface area contributed by atoms with Crippen LogP contribution in [0.1, 0.15) is 18.1 Å². The van der Waals surface area contributed by atoms with Crippen LogP contribution < -0.4 is 9.21 Å². The fraction of sp³-hybridized carbons (Fsp3) is 0.208. The summed E-state index contributed by atoms with van der Waals surface area (Å²) >= 11 is 9.36.